The van der Waals surface area contributed by atoms with Crippen LogP contribution >= 0.6 is 11.3 Å². The summed E-state index contributed by atoms with van der Waals surface area (Å²) < 4.78 is 0.992. The molecule has 1 aromatic heterocycles. The summed E-state index contributed by atoms with van der Waals surface area (Å²) in [4.78, 5) is 10.7. The van der Waals surface area contributed by atoms with E-state index in [9.17, 15) is 4.79 Å². The summed E-state index contributed by atoms with van der Waals surface area (Å²) in [5.74, 6) is -0.918. The molecule has 0 aliphatic heterocycles. The van der Waals surface area contributed by atoms with Gasteiger partial charge in [-0.25, -0.2) is 4.79 Å². The normalized spacial score (nSPS) is 10.3. The van der Waals surface area contributed by atoms with Gasteiger partial charge in [-0.1, -0.05) is 6.07 Å². The molecule has 12 heavy (non-hydrogen) atoms. The first-order valence-corrected chi connectivity index (χ1v) is 4.28. The Hall–Kier alpha value is -1.35. The van der Waals surface area contributed by atoms with Crippen LogP contribution in [0.25, 0.3) is 10.1 Å². The van der Waals surface area contributed by atoms with Crippen molar-refractivity contribution in [3.63, 3.8) is 0 Å². The molecule has 2 aromatic rings. The number of benzene rings is 1. The van der Waals surface area contributed by atoms with Crippen LogP contribution in [-0.2, 0) is 0 Å². The van der Waals surface area contributed by atoms with Crippen LogP contribution in [0.3, 0.4) is 0 Å². The van der Waals surface area contributed by atoms with E-state index in [-0.39, 0.29) is 5.56 Å². The number of aromatic carboxylic acids is 1. The van der Waals surface area contributed by atoms with E-state index in [2.05, 4.69) is 6.07 Å². The number of fused-ring (bicyclic) bond motifs is 1. The lowest BCUT2D eigenvalue weighted by atomic mass is 10.1. The van der Waals surface area contributed by atoms with Crippen molar-refractivity contribution in [3.05, 3.63) is 35.2 Å². The highest BCUT2D eigenvalue weighted by molar-refractivity contribution is 7.17. The first kappa shape index (κ1) is 7.31. The molecule has 0 bridgehead atoms. The molecule has 0 fully saturated rings. The molecule has 2 nitrogen and oxygen atoms in total. The van der Waals surface area contributed by atoms with Gasteiger partial charge in [-0.05, 0) is 23.6 Å². The Balaban J connectivity index is 2.82. The van der Waals surface area contributed by atoms with E-state index in [1.165, 1.54) is 11.3 Å². The van der Waals surface area contributed by atoms with Gasteiger partial charge in [0.1, 0.15) is 0 Å². The Kier molecular flexibility index (Phi) is 1.59. The quantitative estimate of drug-likeness (QED) is 0.726. The van der Waals surface area contributed by atoms with Crippen LogP contribution in [0, 0.1) is 6.07 Å². The lowest BCUT2D eigenvalue weighted by Crippen LogP contribution is -1.95. The van der Waals surface area contributed by atoms with Crippen molar-refractivity contribution in [2.24, 2.45) is 0 Å². The Bertz CT molecular complexity index is 431. The van der Waals surface area contributed by atoms with Crippen molar-refractivity contribution in [2.75, 3.05) is 0 Å². The number of thiophene rings is 1. The predicted molar refractivity (Wildman–Crippen MR) is 47.6 cm³/mol. The van der Waals surface area contributed by atoms with Crippen LogP contribution in [0.4, 0.5) is 0 Å². The number of carboxylic acids is 1. The summed E-state index contributed by atoms with van der Waals surface area (Å²) in [7, 11) is 0. The SMILES string of the molecule is O=C(O)c1[c]ccc2sccc12. The highest BCUT2D eigenvalue weighted by Crippen LogP contribution is 2.23. The van der Waals surface area contributed by atoms with Crippen LogP contribution in [0.15, 0.2) is 23.6 Å². The Morgan fingerprint density at radius 1 is 1.50 bits per heavy atom. The van der Waals surface area contributed by atoms with Crippen molar-refractivity contribution in [1.29, 1.82) is 0 Å². The van der Waals surface area contributed by atoms with E-state index in [0.717, 1.165) is 10.1 Å². The number of hydrogen-bond acceptors (Lipinski definition) is 2. The minimum Gasteiger partial charge on any atom is -0.478 e. The van der Waals surface area contributed by atoms with E-state index < -0.39 is 5.97 Å². The molecular formula is C9H5O2S. The fraction of sp³-hybridized carbons (Fsp3) is 0. The third-order valence-electron chi connectivity index (χ3n) is 1.64. The molecule has 0 saturated heterocycles. The molecule has 0 spiro atoms. The smallest absolute Gasteiger partial charge is 0.336 e. The first-order valence-electron chi connectivity index (χ1n) is 3.40. The van der Waals surface area contributed by atoms with E-state index in [1.807, 2.05) is 11.4 Å². The maximum Gasteiger partial charge on any atom is 0.336 e. The molecule has 0 aliphatic rings. The molecule has 1 radical (unpaired) electrons. The van der Waals surface area contributed by atoms with Gasteiger partial charge >= 0.3 is 5.97 Å². The lowest BCUT2D eigenvalue weighted by molar-refractivity contribution is 0.0698. The monoisotopic (exact) mass is 177 g/mol. The Labute approximate surface area is 73.1 Å². The zero-order chi connectivity index (χ0) is 8.55. The van der Waals surface area contributed by atoms with E-state index >= 15 is 0 Å². The second-order valence-electron chi connectivity index (χ2n) is 2.36. The molecule has 1 heterocycles. The minimum atomic E-state index is -0.918. The maximum absolute atomic E-state index is 10.7. The molecule has 59 valence electrons. The molecule has 0 aliphatic carbocycles. The maximum atomic E-state index is 10.7. The number of rotatable bonds is 1. The molecule has 0 atom stereocenters. The zero-order valence-electron chi connectivity index (χ0n) is 6.07. The van der Waals surface area contributed by atoms with Crippen molar-refractivity contribution in [3.8, 4) is 0 Å². The molecule has 0 unspecified atom stereocenters. The molecule has 1 N–H and O–H groups in total. The lowest BCUT2D eigenvalue weighted by Gasteiger charge is -1.94. The average molecular weight is 177 g/mol. The third kappa shape index (κ3) is 0.987. The van der Waals surface area contributed by atoms with Gasteiger partial charge in [-0.15, -0.1) is 11.3 Å². The summed E-state index contributed by atoms with van der Waals surface area (Å²) in [5.41, 5.74) is 0.258. The van der Waals surface area contributed by atoms with Gasteiger partial charge in [-0.2, -0.15) is 0 Å². The summed E-state index contributed by atoms with van der Waals surface area (Å²) in [6.07, 6.45) is 0. The minimum absolute atomic E-state index is 0.258. The van der Waals surface area contributed by atoms with Crippen LogP contribution in [-0.4, -0.2) is 11.1 Å². The average Bonchev–Trinajstić information content (AvgIpc) is 2.49. The molecule has 1 aromatic carbocycles. The van der Waals surface area contributed by atoms with Crippen molar-refractivity contribution < 1.29 is 9.90 Å². The summed E-state index contributed by atoms with van der Waals surface area (Å²) in [6, 6.07) is 8.02. The van der Waals surface area contributed by atoms with Crippen molar-refractivity contribution >= 4 is 27.4 Å². The van der Waals surface area contributed by atoms with E-state index in [4.69, 9.17) is 5.11 Å². The summed E-state index contributed by atoms with van der Waals surface area (Å²) in [6.45, 7) is 0. The van der Waals surface area contributed by atoms with Crippen LogP contribution in [0.2, 0.25) is 0 Å². The van der Waals surface area contributed by atoms with Crippen LogP contribution in [0.5, 0.6) is 0 Å². The third-order valence-corrected chi connectivity index (χ3v) is 2.52. The fourth-order valence-electron chi connectivity index (χ4n) is 1.11. The summed E-state index contributed by atoms with van der Waals surface area (Å²) in [5, 5.41) is 11.4. The molecule has 0 amide bonds. The van der Waals surface area contributed by atoms with Crippen molar-refractivity contribution in [2.45, 2.75) is 0 Å². The highest BCUT2D eigenvalue weighted by Gasteiger charge is 2.07. The van der Waals surface area contributed by atoms with Crippen molar-refractivity contribution in [1.82, 2.24) is 0 Å². The topological polar surface area (TPSA) is 37.3 Å². The molecule has 0 saturated carbocycles. The second-order valence-corrected chi connectivity index (χ2v) is 3.30. The first-order chi connectivity index (χ1) is 5.79. The van der Waals surface area contributed by atoms with Gasteiger partial charge in [0, 0.05) is 10.1 Å². The van der Waals surface area contributed by atoms with Gasteiger partial charge in [0.25, 0.3) is 0 Å². The zero-order valence-corrected chi connectivity index (χ0v) is 6.89. The van der Waals surface area contributed by atoms with Gasteiger partial charge in [0.15, 0.2) is 0 Å². The second kappa shape index (κ2) is 2.60. The van der Waals surface area contributed by atoms with Gasteiger partial charge < -0.3 is 5.11 Å². The number of hydrogen-bond donors (Lipinski definition) is 1. The highest BCUT2D eigenvalue weighted by atomic mass is 32.1. The Morgan fingerprint density at radius 2 is 2.33 bits per heavy atom. The number of carbonyl (C=O) groups is 1. The predicted octanol–water partition coefficient (Wildman–Crippen LogP) is 2.40. The summed E-state index contributed by atoms with van der Waals surface area (Å²) >= 11 is 1.54. The molecule has 3 heteroatoms. The van der Waals surface area contributed by atoms with E-state index in [1.54, 1.807) is 12.1 Å². The van der Waals surface area contributed by atoms with Gasteiger partial charge in [0.05, 0.1) is 5.56 Å². The standard InChI is InChI=1S/C9H5O2S/c10-9(11)7-2-1-3-8-6(7)4-5-12-8/h1,3-5H,(H,10,11). The Morgan fingerprint density at radius 3 is 3.08 bits per heavy atom. The van der Waals surface area contributed by atoms with Crippen LogP contribution in [0.1, 0.15) is 10.4 Å². The van der Waals surface area contributed by atoms with Gasteiger partial charge in [0.2, 0.25) is 0 Å². The molecule has 2 rings (SSSR count). The van der Waals surface area contributed by atoms with Gasteiger partial charge in [-0.3, -0.25) is 0 Å². The molecular weight excluding hydrogens is 172 g/mol. The fourth-order valence-corrected chi connectivity index (χ4v) is 1.91. The largest absolute Gasteiger partial charge is 0.478 e. The number of carboxylic acid groups (broad SMARTS) is 1. The van der Waals surface area contributed by atoms with Crippen LogP contribution < -0.4 is 0 Å². The van der Waals surface area contributed by atoms with E-state index in [0.29, 0.717) is 0 Å².